The van der Waals surface area contributed by atoms with Crippen molar-refractivity contribution in [1.82, 2.24) is 4.98 Å². The number of nitro benzene ring substituents is 1. The van der Waals surface area contributed by atoms with Gasteiger partial charge < -0.3 is 19.5 Å². The molecule has 2 heterocycles. The van der Waals surface area contributed by atoms with Crippen molar-refractivity contribution in [3.05, 3.63) is 58.6 Å². The van der Waals surface area contributed by atoms with Gasteiger partial charge in [0.25, 0.3) is 5.69 Å². The van der Waals surface area contributed by atoms with E-state index in [1.807, 2.05) is 24.3 Å². The molecule has 1 fully saturated rings. The van der Waals surface area contributed by atoms with Crippen LogP contribution in [-0.4, -0.2) is 36.3 Å². The van der Waals surface area contributed by atoms with Crippen molar-refractivity contribution >= 4 is 28.1 Å². The molecule has 0 unspecified atom stereocenters. The fourth-order valence-electron chi connectivity index (χ4n) is 3.42. The van der Waals surface area contributed by atoms with Crippen molar-refractivity contribution < 1.29 is 19.1 Å². The highest BCUT2D eigenvalue weighted by Crippen LogP contribution is 2.34. The predicted octanol–water partition coefficient (Wildman–Crippen LogP) is 5.48. The lowest BCUT2D eigenvalue weighted by molar-refractivity contribution is -0.384. The van der Waals surface area contributed by atoms with E-state index in [9.17, 15) is 10.1 Å². The van der Waals surface area contributed by atoms with Crippen LogP contribution in [0.15, 0.2) is 48.5 Å². The second-order valence-electron chi connectivity index (χ2n) is 8.38. The Kier molecular flexibility index (Phi) is 6.41. The molecule has 0 aliphatic carbocycles. The number of anilines is 2. The van der Waals surface area contributed by atoms with Gasteiger partial charge in [0, 0.05) is 10.8 Å². The molecule has 1 aliphatic rings. The highest BCUT2D eigenvalue weighted by molar-refractivity contribution is 5.86. The lowest BCUT2D eigenvalue weighted by Gasteiger charge is -2.37. The van der Waals surface area contributed by atoms with Gasteiger partial charge in [-0.05, 0) is 36.8 Å². The lowest BCUT2D eigenvalue weighted by Crippen LogP contribution is -2.44. The number of para-hydroxylation sites is 1. The monoisotopic (exact) mass is 437 g/mol. The second-order valence-corrected chi connectivity index (χ2v) is 8.38. The molecule has 32 heavy (non-hydrogen) atoms. The van der Waals surface area contributed by atoms with E-state index >= 15 is 0 Å². The Bertz CT molecular complexity index is 1110. The molecule has 0 saturated carbocycles. The number of fused-ring (bicyclic) bond motifs is 1. The molecular formula is C24H27N3O5. The number of nitro groups is 1. The zero-order valence-electron chi connectivity index (χ0n) is 18.3. The molecule has 2 aromatic carbocycles. The van der Waals surface area contributed by atoms with Crippen LogP contribution in [0, 0.1) is 15.5 Å². The first-order valence-corrected chi connectivity index (χ1v) is 10.8. The number of unbranched alkanes of at least 4 members (excludes halogenated alkanes) is 1. The average molecular weight is 437 g/mol. The summed E-state index contributed by atoms with van der Waals surface area (Å²) in [4.78, 5) is 15.9. The van der Waals surface area contributed by atoms with Crippen LogP contribution in [0.3, 0.4) is 0 Å². The summed E-state index contributed by atoms with van der Waals surface area (Å²) in [5, 5.41) is 15.7. The van der Waals surface area contributed by atoms with Crippen LogP contribution in [0.4, 0.5) is 17.2 Å². The van der Waals surface area contributed by atoms with Gasteiger partial charge in [0.05, 0.1) is 37.4 Å². The Hall–Kier alpha value is -3.39. The number of aromatic nitrogens is 1. The topological polar surface area (TPSA) is 95.8 Å². The van der Waals surface area contributed by atoms with E-state index < -0.39 is 4.92 Å². The lowest BCUT2D eigenvalue weighted by atomic mass is 9.90. The van der Waals surface area contributed by atoms with E-state index in [0.717, 1.165) is 18.2 Å². The normalized spacial score (nSPS) is 14.6. The summed E-state index contributed by atoms with van der Waals surface area (Å²) in [6.07, 6.45) is 2.00. The quantitative estimate of drug-likeness (QED) is 0.255. The van der Waals surface area contributed by atoms with E-state index in [0.29, 0.717) is 54.9 Å². The Morgan fingerprint density at radius 2 is 2.03 bits per heavy atom. The molecule has 168 valence electrons. The maximum Gasteiger partial charge on any atom is 0.296 e. The van der Waals surface area contributed by atoms with Crippen LogP contribution in [0.5, 0.6) is 11.5 Å². The van der Waals surface area contributed by atoms with E-state index in [2.05, 4.69) is 24.1 Å². The van der Waals surface area contributed by atoms with E-state index in [1.165, 1.54) is 6.07 Å². The fourth-order valence-corrected chi connectivity index (χ4v) is 3.42. The molecule has 1 aromatic heterocycles. The number of rotatable bonds is 10. The molecule has 1 aliphatic heterocycles. The number of pyridine rings is 1. The van der Waals surface area contributed by atoms with Gasteiger partial charge in [-0.3, -0.25) is 10.1 Å². The Morgan fingerprint density at radius 1 is 1.19 bits per heavy atom. The summed E-state index contributed by atoms with van der Waals surface area (Å²) in [7, 11) is 0. The summed E-state index contributed by atoms with van der Waals surface area (Å²) < 4.78 is 16.9. The minimum atomic E-state index is -0.427. The zero-order valence-corrected chi connectivity index (χ0v) is 18.3. The average Bonchev–Trinajstić information content (AvgIpc) is 2.77. The van der Waals surface area contributed by atoms with Crippen molar-refractivity contribution in [2.75, 3.05) is 31.7 Å². The van der Waals surface area contributed by atoms with Gasteiger partial charge in [-0.2, -0.15) is 0 Å². The maximum absolute atomic E-state index is 11.7. The third kappa shape index (κ3) is 4.91. The first-order chi connectivity index (χ1) is 15.5. The summed E-state index contributed by atoms with van der Waals surface area (Å²) in [6, 6.07) is 14.3. The molecule has 0 amide bonds. The summed E-state index contributed by atoms with van der Waals surface area (Å²) in [5.41, 5.74) is 0.938. The van der Waals surface area contributed by atoms with Crippen LogP contribution in [0.1, 0.15) is 26.7 Å². The van der Waals surface area contributed by atoms with Crippen molar-refractivity contribution in [3.63, 3.8) is 0 Å². The van der Waals surface area contributed by atoms with Gasteiger partial charge in [-0.15, -0.1) is 0 Å². The number of ether oxygens (including phenoxy) is 3. The van der Waals surface area contributed by atoms with E-state index in [4.69, 9.17) is 14.2 Å². The van der Waals surface area contributed by atoms with Gasteiger partial charge >= 0.3 is 0 Å². The Balaban J connectivity index is 1.55. The Labute approximate surface area is 186 Å². The minimum absolute atomic E-state index is 0.0440. The number of nitrogens with one attached hydrogen (secondary N) is 1. The van der Waals surface area contributed by atoms with Crippen LogP contribution >= 0.6 is 0 Å². The van der Waals surface area contributed by atoms with Gasteiger partial charge in [-0.25, -0.2) is 4.98 Å². The van der Waals surface area contributed by atoms with E-state index in [1.54, 1.807) is 18.2 Å². The summed E-state index contributed by atoms with van der Waals surface area (Å²) in [6.45, 7) is 6.50. The number of hydrogen-bond donors (Lipinski definition) is 1. The van der Waals surface area contributed by atoms with Crippen LogP contribution < -0.4 is 14.8 Å². The first-order valence-electron chi connectivity index (χ1n) is 10.8. The van der Waals surface area contributed by atoms with Crippen molar-refractivity contribution in [2.24, 2.45) is 5.41 Å². The summed E-state index contributed by atoms with van der Waals surface area (Å²) >= 11 is 0. The minimum Gasteiger partial charge on any atom is -0.493 e. The molecule has 1 saturated heterocycles. The highest BCUT2D eigenvalue weighted by Gasteiger charge is 2.34. The molecule has 0 bridgehead atoms. The van der Waals surface area contributed by atoms with E-state index in [-0.39, 0.29) is 11.1 Å². The van der Waals surface area contributed by atoms with Crippen LogP contribution in [0.2, 0.25) is 0 Å². The third-order valence-corrected chi connectivity index (χ3v) is 5.36. The predicted molar refractivity (Wildman–Crippen MR) is 123 cm³/mol. The van der Waals surface area contributed by atoms with Crippen molar-refractivity contribution in [3.8, 4) is 11.5 Å². The number of benzene rings is 2. The molecule has 8 heteroatoms. The van der Waals surface area contributed by atoms with Crippen molar-refractivity contribution in [1.29, 1.82) is 0 Å². The zero-order chi connectivity index (χ0) is 22.6. The first kappa shape index (κ1) is 21.8. The maximum atomic E-state index is 11.7. The summed E-state index contributed by atoms with van der Waals surface area (Å²) in [5.74, 6) is 1.65. The smallest absolute Gasteiger partial charge is 0.296 e. The van der Waals surface area contributed by atoms with Crippen LogP contribution in [0.25, 0.3) is 10.9 Å². The number of hydrogen-bond acceptors (Lipinski definition) is 7. The molecular weight excluding hydrogens is 410 g/mol. The standard InChI is InChI=1S/C24H27N3O5/c1-3-4-12-31-21-7-5-6-17-8-11-22(26-23(17)21)25-19-10-9-18(13-20(19)27(28)29)32-16-24(2)14-30-15-24/h5-11,13H,3-4,12,14-16H2,1-2H3,(H,25,26). The molecule has 3 aromatic rings. The molecule has 8 nitrogen and oxygen atoms in total. The van der Waals surface area contributed by atoms with Gasteiger partial charge in [0.15, 0.2) is 0 Å². The molecule has 0 atom stereocenters. The van der Waals surface area contributed by atoms with Gasteiger partial charge in [0.2, 0.25) is 0 Å². The molecule has 0 radical (unpaired) electrons. The van der Waals surface area contributed by atoms with Gasteiger partial charge in [-0.1, -0.05) is 32.4 Å². The van der Waals surface area contributed by atoms with Gasteiger partial charge in [0.1, 0.15) is 28.5 Å². The molecule has 4 rings (SSSR count). The van der Waals surface area contributed by atoms with Crippen LogP contribution in [-0.2, 0) is 4.74 Å². The SMILES string of the molecule is CCCCOc1cccc2ccc(Nc3ccc(OCC4(C)COC4)cc3[N+](=O)[O-])nc12. The Morgan fingerprint density at radius 3 is 2.75 bits per heavy atom. The molecule has 0 spiro atoms. The second kappa shape index (κ2) is 9.40. The fraction of sp³-hybridized carbons (Fsp3) is 0.375. The third-order valence-electron chi connectivity index (χ3n) is 5.36. The largest absolute Gasteiger partial charge is 0.493 e. The van der Waals surface area contributed by atoms with Crippen molar-refractivity contribution in [2.45, 2.75) is 26.7 Å². The number of nitrogens with zero attached hydrogens (tertiary/aromatic N) is 2. The molecule has 1 N–H and O–H groups in total. The highest BCUT2D eigenvalue weighted by atomic mass is 16.6.